The van der Waals surface area contributed by atoms with Crippen LogP contribution in [0.15, 0.2) is 24.3 Å². The Balaban J connectivity index is 2.18. The van der Waals surface area contributed by atoms with Gasteiger partial charge in [-0.25, -0.2) is 4.79 Å². The van der Waals surface area contributed by atoms with Crippen LogP contribution in [0.5, 0.6) is 17.2 Å². The lowest BCUT2D eigenvalue weighted by Gasteiger charge is -2.22. The van der Waals surface area contributed by atoms with E-state index < -0.39 is 5.97 Å². The number of methoxy groups -OCH3 is 1. The van der Waals surface area contributed by atoms with Crippen LogP contribution in [0, 0.1) is 30.1 Å². The summed E-state index contributed by atoms with van der Waals surface area (Å²) in [6.07, 6.45) is 0.347. The summed E-state index contributed by atoms with van der Waals surface area (Å²) in [5.74, 6) is 6.95. The maximum Gasteiger partial charge on any atom is 0.346 e. The third-order valence-electron chi connectivity index (χ3n) is 4.87. The van der Waals surface area contributed by atoms with E-state index in [4.69, 9.17) is 14.2 Å². The molecular weight excluding hydrogens is 404 g/mol. The number of carbonyl (C=O) groups is 2. The van der Waals surface area contributed by atoms with Crippen molar-refractivity contribution in [3.8, 4) is 29.1 Å². The maximum absolute atomic E-state index is 13.0. The number of rotatable bonds is 4. The predicted molar refractivity (Wildman–Crippen MR) is 123 cm³/mol. The van der Waals surface area contributed by atoms with Crippen LogP contribution in [0.1, 0.15) is 78.4 Å². The second-order valence-corrected chi connectivity index (χ2v) is 9.52. The number of aryl methyl sites for hydroxylation is 1. The molecule has 0 bridgehead atoms. The molecule has 0 atom stereocenters. The molecule has 2 aromatic carbocycles. The number of hydrogen-bond donors (Lipinski definition) is 0. The van der Waals surface area contributed by atoms with E-state index in [1.807, 2.05) is 53.7 Å². The van der Waals surface area contributed by atoms with Crippen LogP contribution in [-0.4, -0.2) is 18.9 Å². The summed E-state index contributed by atoms with van der Waals surface area (Å²) >= 11 is 0. The quantitative estimate of drug-likeness (QED) is 0.331. The number of esters is 1. The first-order valence-electron chi connectivity index (χ1n) is 10.8. The summed E-state index contributed by atoms with van der Waals surface area (Å²) < 4.78 is 17.4. The molecule has 0 unspecified atom stereocenters. The highest BCUT2D eigenvalue weighted by Gasteiger charge is 2.29. The van der Waals surface area contributed by atoms with E-state index in [0.717, 1.165) is 16.7 Å². The van der Waals surface area contributed by atoms with Gasteiger partial charge in [-0.05, 0) is 63.4 Å². The number of ether oxygens (including phenoxy) is 3. The molecule has 0 aliphatic carbocycles. The Bertz CT molecular complexity index is 1120. The SMILES string of the molecule is COc1c(C(=O)CC(C)C)ccc2c1C(=O)OCc1cc(C)cc(C#CC(C)(C)C)c1O2. The van der Waals surface area contributed by atoms with Crippen molar-refractivity contribution < 1.29 is 23.8 Å². The molecule has 0 radical (unpaired) electrons. The van der Waals surface area contributed by atoms with Crippen LogP contribution in [0.3, 0.4) is 0 Å². The van der Waals surface area contributed by atoms with Crippen molar-refractivity contribution >= 4 is 11.8 Å². The largest absolute Gasteiger partial charge is 0.495 e. The van der Waals surface area contributed by atoms with Gasteiger partial charge >= 0.3 is 5.97 Å². The van der Waals surface area contributed by atoms with Gasteiger partial charge in [0, 0.05) is 17.4 Å². The first-order valence-corrected chi connectivity index (χ1v) is 10.8. The monoisotopic (exact) mass is 434 g/mol. The zero-order valence-electron chi connectivity index (χ0n) is 19.8. The summed E-state index contributed by atoms with van der Waals surface area (Å²) in [6.45, 7) is 12.1. The van der Waals surface area contributed by atoms with Crippen molar-refractivity contribution in [2.45, 2.75) is 54.6 Å². The number of carbonyl (C=O) groups excluding carboxylic acids is 2. The molecule has 0 fully saturated rings. The summed E-state index contributed by atoms with van der Waals surface area (Å²) in [5.41, 5.74) is 2.73. The summed E-state index contributed by atoms with van der Waals surface area (Å²) in [7, 11) is 1.44. The lowest BCUT2D eigenvalue weighted by Crippen LogP contribution is -2.16. The van der Waals surface area contributed by atoms with Crippen LogP contribution in [-0.2, 0) is 11.3 Å². The fraction of sp³-hybridized carbons (Fsp3) is 0.407. The molecule has 0 amide bonds. The van der Waals surface area contributed by atoms with Gasteiger partial charge < -0.3 is 14.2 Å². The Hall–Kier alpha value is -3.26. The fourth-order valence-electron chi connectivity index (χ4n) is 3.50. The molecule has 0 aromatic heterocycles. The lowest BCUT2D eigenvalue weighted by atomic mass is 9.96. The van der Waals surface area contributed by atoms with Gasteiger partial charge in [-0.1, -0.05) is 25.7 Å². The number of fused-ring (bicyclic) bond motifs is 2. The first kappa shape index (κ1) is 23.4. The number of hydrogen-bond acceptors (Lipinski definition) is 5. The van der Waals surface area contributed by atoms with E-state index in [9.17, 15) is 9.59 Å². The van der Waals surface area contributed by atoms with Crippen molar-refractivity contribution in [2.75, 3.05) is 7.11 Å². The zero-order chi connectivity index (χ0) is 23.6. The number of cyclic esters (lactones) is 1. The second kappa shape index (κ2) is 9.08. The number of benzene rings is 2. The molecule has 2 aromatic rings. The minimum absolute atomic E-state index is 0.0345. The summed E-state index contributed by atoms with van der Waals surface area (Å²) in [5, 5.41) is 0. The number of Topliss-reactive ketones (excluding diaryl/α,β-unsaturated/α-hetero) is 1. The van der Waals surface area contributed by atoms with Crippen LogP contribution < -0.4 is 9.47 Å². The molecule has 0 spiro atoms. The predicted octanol–water partition coefficient (Wildman–Crippen LogP) is 6.09. The van der Waals surface area contributed by atoms with E-state index in [1.165, 1.54) is 7.11 Å². The van der Waals surface area contributed by atoms with Gasteiger partial charge in [0.25, 0.3) is 0 Å². The normalized spacial score (nSPS) is 12.9. The van der Waals surface area contributed by atoms with Crippen molar-refractivity contribution in [1.29, 1.82) is 0 Å². The van der Waals surface area contributed by atoms with Crippen molar-refractivity contribution in [2.24, 2.45) is 11.3 Å². The number of ketones is 1. The smallest absolute Gasteiger partial charge is 0.346 e. The Labute approximate surface area is 190 Å². The Kier molecular flexibility index (Phi) is 6.64. The lowest BCUT2D eigenvalue weighted by molar-refractivity contribution is 0.0455. The van der Waals surface area contributed by atoms with Crippen LogP contribution in [0.25, 0.3) is 0 Å². The standard InChI is InChI=1S/C27H30O5/c1-16(2)12-21(28)20-8-9-22-23(25(20)30-7)26(29)31-15-19-14-17(3)13-18(24(19)32-22)10-11-27(4,5)6/h8-9,13-14,16H,12,15H2,1-7H3. The highest BCUT2D eigenvalue weighted by molar-refractivity contribution is 6.05. The third-order valence-corrected chi connectivity index (χ3v) is 4.87. The molecule has 1 aliphatic rings. The molecule has 1 heterocycles. The van der Waals surface area contributed by atoms with Gasteiger partial charge in [0.2, 0.25) is 0 Å². The average molecular weight is 435 g/mol. The van der Waals surface area contributed by atoms with E-state index >= 15 is 0 Å². The van der Waals surface area contributed by atoms with Crippen LogP contribution in [0.4, 0.5) is 0 Å². The molecule has 5 nitrogen and oxygen atoms in total. The molecule has 168 valence electrons. The van der Waals surface area contributed by atoms with E-state index in [2.05, 4.69) is 11.8 Å². The zero-order valence-corrected chi connectivity index (χ0v) is 19.8. The summed E-state index contributed by atoms with van der Waals surface area (Å²) in [4.78, 5) is 25.7. The van der Waals surface area contributed by atoms with E-state index in [1.54, 1.807) is 12.1 Å². The summed E-state index contributed by atoms with van der Waals surface area (Å²) in [6, 6.07) is 7.15. The second-order valence-electron chi connectivity index (χ2n) is 9.52. The molecule has 5 heteroatoms. The van der Waals surface area contributed by atoms with Crippen molar-refractivity contribution in [1.82, 2.24) is 0 Å². The minimum atomic E-state index is -0.592. The van der Waals surface area contributed by atoms with Gasteiger partial charge in [-0.3, -0.25) is 4.79 Å². The minimum Gasteiger partial charge on any atom is -0.495 e. The van der Waals surface area contributed by atoms with Gasteiger partial charge in [-0.2, -0.15) is 0 Å². The molecular formula is C27H30O5. The van der Waals surface area contributed by atoms with Crippen molar-refractivity contribution in [3.05, 3.63) is 52.1 Å². The van der Waals surface area contributed by atoms with E-state index in [-0.39, 0.29) is 40.8 Å². The molecule has 1 aliphatic heterocycles. The fourth-order valence-corrected chi connectivity index (χ4v) is 3.50. The third kappa shape index (κ3) is 5.13. The maximum atomic E-state index is 13.0. The first-order chi connectivity index (χ1) is 15.0. The van der Waals surface area contributed by atoms with Crippen LogP contribution >= 0.6 is 0 Å². The van der Waals surface area contributed by atoms with E-state index in [0.29, 0.717) is 17.7 Å². The van der Waals surface area contributed by atoms with Gasteiger partial charge in [0.05, 0.1) is 18.2 Å². The highest BCUT2D eigenvalue weighted by atomic mass is 16.5. The molecule has 0 saturated carbocycles. The van der Waals surface area contributed by atoms with Crippen molar-refractivity contribution in [3.63, 3.8) is 0 Å². The Morgan fingerprint density at radius 1 is 1.22 bits per heavy atom. The molecule has 3 rings (SSSR count). The van der Waals surface area contributed by atoms with Gasteiger partial charge in [0.1, 0.15) is 29.4 Å². The van der Waals surface area contributed by atoms with Gasteiger partial charge in [-0.15, -0.1) is 0 Å². The average Bonchev–Trinajstić information content (AvgIpc) is 2.69. The molecule has 0 saturated heterocycles. The van der Waals surface area contributed by atoms with Crippen LogP contribution in [0.2, 0.25) is 0 Å². The molecule has 32 heavy (non-hydrogen) atoms. The topological polar surface area (TPSA) is 61.8 Å². The molecule has 0 N–H and O–H groups in total. The Morgan fingerprint density at radius 2 is 1.94 bits per heavy atom. The Morgan fingerprint density at radius 3 is 2.56 bits per heavy atom. The van der Waals surface area contributed by atoms with Gasteiger partial charge in [0.15, 0.2) is 5.78 Å². The highest BCUT2D eigenvalue weighted by Crippen LogP contribution is 2.40.